The third kappa shape index (κ3) is 1.77. The number of nitrogens with one attached hydrogen (secondary N) is 1. The van der Waals surface area contributed by atoms with Crippen LogP contribution in [-0.4, -0.2) is 23.1 Å². The van der Waals surface area contributed by atoms with E-state index in [4.69, 9.17) is 0 Å². The molecule has 1 N–H and O–H groups in total. The summed E-state index contributed by atoms with van der Waals surface area (Å²) in [7, 11) is 1.98. The van der Waals surface area contributed by atoms with Gasteiger partial charge in [0.05, 0.1) is 5.52 Å². The van der Waals surface area contributed by atoms with Crippen LogP contribution < -0.4 is 5.32 Å². The summed E-state index contributed by atoms with van der Waals surface area (Å²) in [6.07, 6.45) is 7.03. The second-order valence-electron chi connectivity index (χ2n) is 3.40. The van der Waals surface area contributed by atoms with Gasteiger partial charge < -0.3 is 9.88 Å². The van der Waals surface area contributed by atoms with Crippen LogP contribution in [0.25, 0.3) is 10.9 Å². The Morgan fingerprint density at radius 1 is 1.43 bits per heavy atom. The highest BCUT2D eigenvalue weighted by Gasteiger charge is 1.98. The quantitative estimate of drug-likeness (QED) is 0.741. The number of aryl methyl sites for hydroxylation is 1. The van der Waals surface area contributed by atoms with E-state index in [1.54, 1.807) is 0 Å². The van der Waals surface area contributed by atoms with Gasteiger partial charge in [0, 0.05) is 30.5 Å². The van der Waals surface area contributed by atoms with Crippen LogP contribution in [0.5, 0.6) is 0 Å². The van der Waals surface area contributed by atoms with Crippen LogP contribution in [0.3, 0.4) is 0 Å². The summed E-state index contributed by atoms with van der Waals surface area (Å²) >= 11 is 0. The van der Waals surface area contributed by atoms with Gasteiger partial charge in [-0.25, -0.2) is 0 Å². The summed E-state index contributed by atoms with van der Waals surface area (Å²) in [4.78, 5) is 4.10. The van der Waals surface area contributed by atoms with E-state index in [1.165, 1.54) is 10.9 Å². The number of pyridine rings is 1. The summed E-state index contributed by atoms with van der Waals surface area (Å²) in [5, 5.41) is 4.37. The highest BCUT2D eigenvalue weighted by Crippen LogP contribution is 2.13. The predicted octanol–water partition coefficient (Wildman–Crippen LogP) is 1.65. The molecule has 0 atom stereocenters. The normalized spacial score (nSPS) is 10.9. The lowest BCUT2D eigenvalue weighted by Crippen LogP contribution is -2.10. The Balaban J connectivity index is 2.17. The molecule has 3 nitrogen and oxygen atoms in total. The molecule has 0 saturated heterocycles. The Kier molecular flexibility index (Phi) is 2.79. The van der Waals surface area contributed by atoms with Crippen molar-refractivity contribution >= 4 is 10.9 Å². The van der Waals surface area contributed by atoms with Gasteiger partial charge in [0.2, 0.25) is 0 Å². The minimum atomic E-state index is 1.06. The summed E-state index contributed by atoms with van der Waals surface area (Å²) < 4.78 is 2.27. The Bertz CT molecular complexity index is 406. The molecule has 0 fully saturated rings. The molecule has 0 amide bonds. The highest BCUT2D eigenvalue weighted by molar-refractivity contribution is 5.78. The van der Waals surface area contributed by atoms with Gasteiger partial charge in [-0.2, -0.15) is 0 Å². The van der Waals surface area contributed by atoms with E-state index >= 15 is 0 Å². The monoisotopic (exact) mass is 189 g/mol. The second kappa shape index (κ2) is 4.24. The third-order valence-corrected chi connectivity index (χ3v) is 2.40. The van der Waals surface area contributed by atoms with Crippen LogP contribution in [0, 0.1) is 0 Å². The lowest BCUT2D eigenvalue weighted by molar-refractivity contribution is 0.627. The Morgan fingerprint density at radius 2 is 2.36 bits per heavy atom. The molecule has 0 saturated carbocycles. The molecule has 3 heteroatoms. The van der Waals surface area contributed by atoms with E-state index in [1.807, 2.05) is 19.4 Å². The fraction of sp³-hybridized carbons (Fsp3) is 0.364. The van der Waals surface area contributed by atoms with Crippen molar-refractivity contribution in [3.63, 3.8) is 0 Å². The molecule has 2 heterocycles. The van der Waals surface area contributed by atoms with E-state index in [0.717, 1.165) is 19.5 Å². The predicted molar refractivity (Wildman–Crippen MR) is 58.3 cm³/mol. The molecule has 14 heavy (non-hydrogen) atoms. The smallest absolute Gasteiger partial charge is 0.0511 e. The van der Waals surface area contributed by atoms with Crippen molar-refractivity contribution in [2.75, 3.05) is 13.6 Å². The van der Waals surface area contributed by atoms with Crippen molar-refractivity contribution in [1.82, 2.24) is 14.9 Å². The van der Waals surface area contributed by atoms with Crippen molar-refractivity contribution in [1.29, 1.82) is 0 Å². The maximum Gasteiger partial charge on any atom is 0.0511 e. The molecule has 74 valence electrons. The topological polar surface area (TPSA) is 29.9 Å². The largest absolute Gasteiger partial charge is 0.347 e. The SMILES string of the molecule is CNCCCn1ccc2cnccc21. The van der Waals surface area contributed by atoms with Crippen LogP contribution in [-0.2, 0) is 6.54 Å². The fourth-order valence-corrected chi connectivity index (χ4v) is 1.66. The van der Waals surface area contributed by atoms with Gasteiger partial charge in [-0.3, -0.25) is 4.98 Å². The first kappa shape index (κ1) is 9.21. The molecule has 2 aromatic rings. The summed E-state index contributed by atoms with van der Waals surface area (Å²) in [6, 6.07) is 4.18. The summed E-state index contributed by atoms with van der Waals surface area (Å²) in [5.41, 5.74) is 1.27. The van der Waals surface area contributed by atoms with E-state index in [-0.39, 0.29) is 0 Å². The second-order valence-corrected chi connectivity index (χ2v) is 3.40. The van der Waals surface area contributed by atoms with Gasteiger partial charge >= 0.3 is 0 Å². The molecule has 2 aromatic heterocycles. The van der Waals surface area contributed by atoms with Gasteiger partial charge in [-0.05, 0) is 32.1 Å². The number of aromatic nitrogens is 2. The number of rotatable bonds is 4. The van der Waals surface area contributed by atoms with Crippen molar-refractivity contribution in [2.45, 2.75) is 13.0 Å². The first-order valence-electron chi connectivity index (χ1n) is 4.95. The van der Waals surface area contributed by atoms with Crippen LogP contribution in [0.15, 0.2) is 30.7 Å². The number of hydrogen-bond acceptors (Lipinski definition) is 2. The third-order valence-electron chi connectivity index (χ3n) is 2.40. The molecular weight excluding hydrogens is 174 g/mol. The molecule has 0 aliphatic rings. The molecule has 0 aliphatic heterocycles. The molecule has 0 bridgehead atoms. The van der Waals surface area contributed by atoms with E-state index in [0.29, 0.717) is 0 Å². The zero-order chi connectivity index (χ0) is 9.80. The van der Waals surface area contributed by atoms with Crippen LogP contribution >= 0.6 is 0 Å². The molecule has 0 aromatic carbocycles. The lowest BCUT2D eigenvalue weighted by atomic mass is 10.3. The average Bonchev–Trinajstić information content (AvgIpc) is 2.63. The van der Waals surface area contributed by atoms with Crippen LogP contribution in [0.4, 0.5) is 0 Å². The minimum Gasteiger partial charge on any atom is -0.347 e. The zero-order valence-corrected chi connectivity index (χ0v) is 8.40. The maximum absolute atomic E-state index is 4.10. The van der Waals surface area contributed by atoms with Crippen molar-refractivity contribution in [3.8, 4) is 0 Å². The molecule has 0 aliphatic carbocycles. The Morgan fingerprint density at radius 3 is 3.21 bits per heavy atom. The summed E-state index contributed by atoms with van der Waals surface area (Å²) in [5.74, 6) is 0. The van der Waals surface area contributed by atoms with E-state index in [9.17, 15) is 0 Å². The van der Waals surface area contributed by atoms with Crippen molar-refractivity contribution in [2.24, 2.45) is 0 Å². The van der Waals surface area contributed by atoms with Gasteiger partial charge in [-0.15, -0.1) is 0 Å². The van der Waals surface area contributed by atoms with Crippen LogP contribution in [0.1, 0.15) is 6.42 Å². The average molecular weight is 189 g/mol. The standard InChI is InChI=1S/C11H15N3/c1-12-5-2-7-14-8-4-10-9-13-6-3-11(10)14/h3-4,6,8-9,12H,2,5,7H2,1H3. The minimum absolute atomic E-state index is 1.06. The Labute approximate surface area is 83.8 Å². The van der Waals surface area contributed by atoms with Gasteiger partial charge in [-0.1, -0.05) is 0 Å². The van der Waals surface area contributed by atoms with Crippen molar-refractivity contribution < 1.29 is 0 Å². The van der Waals surface area contributed by atoms with Crippen LogP contribution in [0.2, 0.25) is 0 Å². The highest BCUT2D eigenvalue weighted by atomic mass is 15.0. The Hall–Kier alpha value is -1.35. The summed E-state index contributed by atoms with van der Waals surface area (Å²) in [6.45, 7) is 2.12. The number of nitrogens with zero attached hydrogens (tertiary/aromatic N) is 2. The molecular formula is C11H15N3. The molecule has 2 rings (SSSR count). The zero-order valence-electron chi connectivity index (χ0n) is 8.40. The van der Waals surface area contributed by atoms with E-state index < -0.39 is 0 Å². The van der Waals surface area contributed by atoms with Crippen molar-refractivity contribution in [3.05, 3.63) is 30.7 Å². The molecule has 0 radical (unpaired) electrons. The molecule has 0 unspecified atom stereocenters. The maximum atomic E-state index is 4.10. The molecule has 0 spiro atoms. The van der Waals surface area contributed by atoms with E-state index in [2.05, 4.69) is 33.2 Å². The van der Waals surface area contributed by atoms with Gasteiger partial charge in [0.1, 0.15) is 0 Å². The van der Waals surface area contributed by atoms with Gasteiger partial charge in [0.25, 0.3) is 0 Å². The first-order chi connectivity index (χ1) is 6.92. The number of hydrogen-bond donors (Lipinski definition) is 1. The lowest BCUT2D eigenvalue weighted by Gasteiger charge is -2.04. The van der Waals surface area contributed by atoms with Gasteiger partial charge in [0.15, 0.2) is 0 Å². The first-order valence-corrected chi connectivity index (χ1v) is 4.95. The number of fused-ring (bicyclic) bond motifs is 1. The fourth-order valence-electron chi connectivity index (χ4n) is 1.66.